The summed E-state index contributed by atoms with van der Waals surface area (Å²) in [5.74, 6) is 0.784. The Labute approximate surface area is 135 Å². The van der Waals surface area contributed by atoms with E-state index in [0.29, 0.717) is 29.6 Å². The molecule has 8 heteroatoms. The van der Waals surface area contributed by atoms with Gasteiger partial charge < -0.3 is 16.2 Å². The van der Waals surface area contributed by atoms with Gasteiger partial charge in [-0.2, -0.15) is 0 Å². The number of rotatable bonds is 7. The maximum Gasteiger partial charge on any atom is 0.161 e. The van der Waals surface area contributed by atoms with E-state index in [4.69, 9.17) is 10.8 Å². The molecule has 0 atom stereocenters. The molecule has 0 unspecified atom stereocenters. The number of nitrogens with two attached hydrogens (primary N) is 1. The maximum absolute atomic E-state index is 11.8. The first-order valence-electron chi connectivity index (χ1n) is 7.22. The van der Waals surface area contributed by atoms with Gasteiger partial charge in [0.2, 0.25) is 0 Å². The van der Waals surface area contributed by atoms with E-state index < -0.39 is 9.84 Å². The molecule has 1 aromatic carbocycles. The molecule has 0 aliphatic carbocycles. The number of nitrogen functional groups attached to an aromatic ring is 1. The largest absolute Gasteiger partial charge is 0.399 e. The van der Waals surface area contributed by atoms with Gasteiger partial charge in [-0.25, -0.2) is 18.4 Å². The van der Waals surface area contributed by atoms with Crippen LogP contribution in [0.4, 0.5) is 11.5 Å². The van der Waals surface area contributed by atoms with Gasteiger partial charge in [0.1, 0.15) is 5.82 Å². The van der Waals surface area contributed by atoms with Crippen LogP contribution in [0.5, 0.6) is 0 Å². The first-order chi connectivity index (χ1) is 10.9. The van der Waals surface area contributed by atoms with Gasteiger partial charge in [0.25, 0.3) is 0 Å². The number of aliphatic hydroxyl groups is 1. The SMILES string of the molecule is CCS(=O)(=O)Cc1cc(NCCO)nc(-c2ccc(N)cc2)n1. The Balaban J connectivity index is 2.42. The van der Waals surface area contributed by atoms with Crippen molar-refractivity contribution in [3.8, 4) is 11.4 Å². The quantitative estimate of drug-likeness (QED) is 0.647. The van der Waals surface area contributed by atoms with Crippen LogP contribution in [-0.2, 0) is 15.6 Å². The molecule has 1 aromatic heterocycles. The van der Waals surface area contributed by atoms with Crippen LogP contribution in [0.15, 0.2) is 30.3 Å². The van der Waals surface area contributed by atoms with E-state index in [1.807, 2.05) is 0 Å². The number of aromatic nitrogens is 2. The highest BCUT2D eigenvalue weighted by Crippen LogP contribution is 2.20. The van der Waals surface area contributed by atoms with E-state index >= 15 is 0 Å². The molecule has 23 heavy (non-hydrogen) atoms. The molecule has 4 N–H and O–H groups in total. The lowest BCUT2D eigenvalue weighted by molar-refractivity contribution is 0.311. The van der Waals surface area contributed by atoms with E-state index in [9.17, 15) is 8.42 Å². The van der Waals surface area contributed by atoms with Gasteiger partial charge in [-0.05, 0) is 24.3 Å². The normalized spacial score (nSPS) is 11.4. The fourth-order valence-corrected chi connectivity index (χ4v) is 2.74. The predicted octanol–water partition coefficient (Wildman–Crippen LogP) is 1.06. The van der Waals surface area contributed by atoms with Crippen molar-refractivity contribution in [2.24, 2.45) is 0 Å². The number of nitrogens with one attached hydrogen (secondary N) is 1. The van der Waals surface area contributed by atoms with Crippen LogP contribution in [0.3, 0.4) is 0 Å². The van der Waals surface area contributed by atoms with E-state index in [0.717, 1.165) is 5.56 Å². The lowest BCUT2D eigenvalue weighted by Gasteiger charge is -2.10. The lowest BCUT2D eigenvalue weighted by atomic mass is 10.2. The summed E-state index contributed by atoms with van der Waals surface area (Å²) in [6.45, 7) is 1.87. The Morgan fingerprint density at radius 2 is 1.91 bits per heavy atom. The Bertz CT molecular complexity index is 761. The molecule has 0 aliphatic rings. The number of sulfone groups is 1. The fraction of sp³-hybridized carbons (Fsp3) is 0.333. The second kappa shape index (κ2) is 7.38. The Hall–Kier alpha value is -2.19. The van der Waals surface area contributed by atoms with Crippen LogP contribution < -0.4 is 11.1 Å². The highest BCUT2D eigenvalue weighted by atomic mass is 32.2. The number of nitrogens with zero attached hydrogens (tertiary/aromatic N) is 2. The van der Waals surface area contributed by atoms with Gasteiger partial charge in [-0.3, -0.25) is 0 Å². The molecule has 0 saturated heterocycles. The summed E-state index contributed by atoms with van der Waals surface area (Å²) in [7, 11) is -3.20. The zero-order valence-corrected chi connectivity index (χ0v) is 13.7. The maximum atomic E-state index is 11.8. The number of hydrogen-bond acceptors (Lipinski definition) is 7. The summed E-state index contributed by atoms with van der Waals surface area (Å²) in [5, 5.41) is 11.9. The summed E-state index contributed by atoms with van der Waals surface area (Å²) in [6.07, 6.45) is 0. The third-order valence-corrected chi connectivity index (χ3v) is 4.79. The van der Waals surface area contributed by atoms with Gasteiger partial charge in [0.05, 0.1) is 18.1 Å². The molecule has 0 spiro atoms. The summed E-state index contributed by atoms with van der Waals surface area (Å²) in [4.78, 5) is 8.70. The minimum absolute atomic E-state index is 0.0492. The Morgan fingerprint density at radius 3 is 2.52 bits per heavy atom. The molecule has 0 fully saturated rings. The molecule has 0 amide bonds. The first kappa shape index (κ1) is 17.2. The van der Waals surface area contributed by atoms with Crippen LogP contribution in [0.25, 0.3) is 11.4 Å². The van der Waals surface area contributed by atoms with Crippen molar-refractivity contribution in [3.05, 3.63) is 36.0 Å². The molecule has 0 bridgehead atoms. The predicted molar refractivity (Wildman–Crippen MR) is 90.6 cm³/mol. The molecular formula is C15H20N4O3S. The topological polar surface area (TPSA) is 118 Å². The Kier molecular flexibility index (Phi) is 5.51. The number of anilines is 2. The second-order valence-corrected chi connectivity index (χ2v) is 7.37. The molecule has 0 aliphatic heterocycles. The molecule has 124 valence electrons. The van der Waals surface area contributed by atoms with E-state index in [1.165, 1.54) is 0 Å². The average Bonchev–Trinajstić information content (AvgIpc) is 2.53. The van der Waals surface area contributed by atoms with Crippen LogP contribution in [0.2, 0.25) is 0 Å². The van der Waals surface area contributed by atoms with Crippen molar-refractivity contribution in [2.45, 2.75) is 12.7 Å². The number of aliphatic hydroxyl groups excluding tert-OH is 1. The molecule has 0 saturated carbocycles. The van der Waals surface area contributed by atoms with Crippen LogP contribution >= 0.6 is 0 Å². The van der Waals surface area contributed by atoms with Crippen molar-refractivity contribution in [3.63, 3.8) is 0 Å². The van der Waals surface area contributed by atoms with Crippen molar-refractivity contribution in [2.75, 3.05) is 30.0 Å². The minimum Gasteiger partial charge on any atom is -0.399 e. The lowest BCUT2D eigenvalue weighted by Crippen LogP contribution is -2.12. The fourth-order valence-electron chi connectivity index (χ4n) is 1.93. The standard InChI is InChI=1S/C15H20N4O3S/c1-2-23(21,22)10-13-9-14(17-7-8-20)19-15(18-13)11-3-5-12(16)6-4-11/h3-6,9,20H,2,7-8,10,16H2,1H3,(H,17,18,19). The van der Waals surface area contributed by atoms with Gasteiger partial charge in [0.15, 0.2) is 15.7 Å². The van der Waals surface area contributed by atoms with E-state index in [2.05, 4.69) is 15.3 Å². The molecule has 2 rings (SSSR count). The molecule has 1 heterocycles. The van der Waals surface area contributed by atoms with E-state index in [-0.39, 0.29) is 18.1 Å². The van der Waals surface area contributed by atoms with E-state index in [1.54, 1.807) is 37.3 Å². The molecule has 2 aromatic rings. The third-order valence-electron chi connectivity index (χ3n) is 3.17. The molecule has 0 radical (unpaired) electrons. The van der Waals surface area contributed by atoms with Crippen molar-refractivity contribution < 1.29 is 13.5 Å². The monoisotopic (exact) mass is 336 g/mol. The minimum atomic E-state index is -3.20. The van der Waals surface area contributed by atoms with Gasteiger partial charge in [-0.1, -0.05) is 6.92 Å². The molecule has 7 nitrogen and oxygen atoms in total. The summed E-state index contributed by atoms with van der Waals surface area (Å²) < 4.78 is 23.7. The zero-order chi connectivity index (χ0) is 16.9. The van der Waals surface area contributed by atoms with Crippen LogP contribution in [0, 0.1) is 0 Å². The zero-order valence-electron chi connectivity index (χ0n) is 12.9. The van der Waals surface area contributed by atoms with Gasteiger partial charge in [-0.15, -0.1) is 0 Å². The van der Waals surface area contributed by atoms with Crippen molar-refractivity contribution >= 4 is 21.3 Å². The summed E-state index contributed by atoms with van der Waals surface area (Å²) in [5.41, 5.74) is 7.44. The first-order valence-corrected chi connectivity index (χ1v) is 9.04. The van der Waals surface area contributed by atoms with Gasteiger partial charge >= 0.3 is 0 Å². The Morgan fingerprint density at radius 1 is 1.22 bits per heavy atom. The number of benzene rings is 1. The van der Waals surface area contributed by atoms with Crippen molar-refractivity contribution in [1.29, 1.82) is 0 Å². The smallest absolute Gasteiger partial charge is 0.161 e. The number of hydrogen-bond donors (Lipinski definition) is 3. The van der Waals surface area contributed by atoms with Crippen molar-refractivity contribution in [1.82, 2.24) is 9.97 Å². The summed E-state index contributed by atoms with van der Waals surface area (Å²) in [6, 6.07) is 8.60. The van der Waals surface area contributed by atoms with Crippen LogP contribution in [-0.4, -0.2) is 42.4 Å². The van der Waals surface area contributed by atoms with Gasteiger partial charge in [0, 0.05) is 29.6 Å². The summed E-state index contributed by atoms with van der Waals surface area (Å²) >= 11 is 0. The third kappa shape index (κ3) is 4.90. The molecular weight excluding hydrogens is 316 g/mol. The highest BCUT2D eigenvalue weighted by molar-refractivity contribution is 7.90. The second-order valence-electron chi connectivity index (χ2n) is 5.02. The average molecular weight is 336 g/mol. The van der Waals surface area contributed by atoms with Crippen LogP contribution in [0.1, 0.15) is 12.6 Å². The highest BCUT2D eigenvalue weighted by Gasteiger charge is 2.13.